The van der Waals surface area contributed by atoms with E-state index in [4.69, 9.17) is 15.6 Å². The van der Waals surface area contributed by atoms with Crippen molar-refractivity contribution < 1.29 is 14.3 Å². The van der Waals surface area contributed by atoms with Crippen molar-refractivity contribution in [3.05, 3.63) is 99.9 Å². The maximum atomic E-state index is 15.8. The Balaban J connectivity index is 0.000000907. The second kappa shape index (κ2) is 13.4. The highest BCUT2D eigenvalue weighted by Crippen LogP contribution is 2.34. The number of rotatable bonds is 6. The van der Waals surface area contributed by atoms with Crippen LogP contribution in [0.3, 0.4) is 0 Å². The van der Waals surface area contributed by atoms with E-state index in [2.05, 4.69) is 60.7 Å². The first-order chi connectivity index (χ1) is 18.0. The molecule has 0 aliphatic carbocycles. The van der Waals surface area contributed by atoms with E-state index in [0.717, 1.165) is 49.2 Å². The van der Waals surface area contributed by atoms with Gasteiger partial charge in [0, 0.05) is 54.9 Å². The maximum Gasteiger partial charge on any atom is 0.136 e. The number of carbonyl (C=O) groups excluding carboxylic acids is 1. The molecule has 192 valence electrons. The summed E-state index contributed by atoms with van der Waals surface area (Å²) in [7, 11) is 1.00. The first-order valence-corrected chi connectivity index (χ1v) is 13.0. The highest BCUT2D eigenvalue weighted by Gasteiger charge is 2.19. The number of aliphatic hydroxyl groups is 1. The van der Waals surface area contributed by atoms with E-state index in [0.29, 0.717) is 5.69 Å². The molecular formula is C29H28Br2FN3O2. The molecule has 0 aliphatic heterocycles. The third-order valence-electron chi connectivity index (χ3n) is 5.82. The highest BCUT2D eigenvalue weighted by molar-refractivity contribution is 9.10. The summed E-state index contributed by atoms with van der Waals surface area (Å²) in [4.78, 5) is 10.0. The minimum Gasteiger partial charge on any atom is -0.400 e. The van der Waals surface area contributed by atoms with E-state index >= 15 is 4.39 Å². The monoisotopic (exact) mass is 627 g/mol. The summed E-state index contributed by atoms with van der Waals surface area (Å²) in [6.45, 7) is 2.48. The van der Waals surface area contributed by atoms with Gasteiger partial charge in [0.05, 0.1) is 13.1 Å². The van der Waals surface area contributed by atoms with Crippen molar-refractivity contribution in [3.8, 4) is 0 Å². The lowest BCUT2D eigenvalue weighted by Gasteiger charge is -2.27. The summed E-state index contributed by atoms with van der Waals surface area (Å²) in [5, 5.41) is 9.21. The highest BCUT2D eigenvalue weighted by atomic mass is 79.9. The Hall–Kier alpha value is -3.20. The molecule has 37 heavy (non-hydrogen) atoms. The summed E-state index contributed by atoms with van der Waals surface area (Å²) >= 11 is 7.15. The number of carbonyl (C=O) groups is 1. The summed E-state index contributed by atoms with van der Waals surface area (Å²) in [6, 6.07) is 29.8. The van der Waals surface area contributed by atoms with Crippen LogP contribution in [0.15, 0.2) is 99.9 Å². The summed E-state index contributed by atoms with van der Waals surface area (Å²) in [5.41, 5.74) is 10.5. The molecule has 1 unspecified atom stereocenters. The average Bonchev–Trinajstić information content (AvgIpc) is 3.22. The van der Waals surface area contributed by atoms with Crippen LogP contribution in [-0.4, -0.2) is 36.3 Å². The van der Waals surface area contributed by atoms with E-state index in [9.17, 15) is 0 Å². The van der Waals surface area contributed by atoms with Crippen molar-refractivity contribution in [1.82, 2.24) is 4.57 Å². The zero-order chi connectivity index (χ0) is 26.9. The number of hydrogen-bond acceptors (Lipinski definition) is 4. The van der Waals surface area contributed by atoms with Gasteiger partial charge in [-0.2, -0.15) is 0 Å². The van der Waals surface area contributed by atoms with Gasteiger partial charge in [0.25, 0.3) is 0 Å². The number of halogens is 3. The van der Waals surface area contributed by atoms with Crippen LogP contribution in [0, 0.1) is 0 Å². The van der Waals surface area contributed by atoms with E-state index in [1.807, 2.05) is 78.4 Å². The number of nitrogen functional groups attached to an aromatic ring is 1. The lowest BCUT2D eigenvalue weighted by Crippen LogP contribution is -2.29. The molecule has 8 heteroatoms. The number of aromatic nitrogens is 1. The number of fused-ring (bicyclic) bond motifs is 3. The maximum absolute atomic E-state index is 15.8. The van der Waals surface area contributed by atoms with Gasteiger partial charge >= 0.3 is 0 Å². The van der Waals surface area contributed by atoms with Crippen molar-refractivity contribution in [2.24, 2.45) is 0 Å². The fraction of sp³-hybridized carbons (Fsp3) is 0.138. The number of anilines is 3. The van der Waals surface area contributed by atoms with Crippen molar-refractivity contribution in [1.29, 1.82) is 0 Å². The second-order valence-electron chi connectivity index (χ2n) is 8.07. The van der Waals surface area contributed by atoms with Crippen LogP contribution >= 0.6 is 31.9 Å². The molecule has 1 heterocycles. The topological polar surface area (TPSA) is 71.5 Å². The average molecular weight is 629 g/mol. The SMILES string of the molecule is C=O.CO.Nc1ccc(N(CC(F)Cn2c3ccc(Br)cc3c3cc(Br)ccc32)c2ccccc2)cc1. The summed E-state index contributed by atoms with van der Waals surface area (Å²) in [5.74, 6) is 0. The van der Waals surface area contributed by atoms with Gasteiger partial charge in [-0.3, -0.25) is 0 Å². The molecule has 0 aliphatic rings. The van der Waals surface area contributed by atoms with Gasteiger partial charge in [-0.15, -0.1) is 0 Å². The second-order valence-corrected chi connectivity index (χ2v) is 9.90. The number of para-hydroxylation sites is 1. The smallest absolute Gasteiger partial charge is 0.136 e. The van der Waals surface area contributed by atoms with Gasteiger partial charge in [0.15, 0.2) is 0 Å². The van der Waals surface area contributed by atoms with Crippen molar-refractivity contribution >= 4 is 77.5 Å². The summed E-state index contributed by atoms with van der Waals surface area (Å²) in [6.07, 6.45) is -1.10. The number of nitrogens with zero attached hydrogens (tertiary/aromatic N) is 2. The van der Waals surface area contributed by atoms with E-state index in [-0.39, 0.29) is 13.1 Å². The Kier molecular flexibility index (Phi) is 10.3. The predicted octanol–water partition coefficient (Wildman–Crippen LogP) is 7.50. The van der Waals surface area contributed by atoms with Crippen LogP contribution in [0.1, 0.15) is 0 Å². The first-order valence-electron chi connectivity index (χ1n) is 11.4. The molecule has 1 aromatic heterocycles. The van der Waals surface area contributed by atoms with E-state index in [1.165, 1.54) is 0 Å². The van der Waals surface area contributed by atoms with Crippen LogP contribution < -0.4 is 10.6 Å². The Labute approximate surface area is 232 Å². The van der Waals surface area contributed by atoms with E-state index in [1.54, 1.807) is 0 Å². The molecule has 3 N–H and O–H groups in total. The van der Waals surface area contributed by atoms with Gasteiger partial charge in [-0.1, -0.05) is 50.1 Å². The van der Waals surface area contributed by atoms with Crippen molar-refractivity contribution in [2.45, 2.75) is 12.7 Å². The number of benzene rings is 4. The lowest BCUT2D eigenvalue weighted by atomic mass is 10.2. The van der Waals surface area contributed by atoms with Crippen molar-refractivity contribution in [3.63, 3.8) is 0 Å². The quantitative estimate of drug-likeness (QED) is 0.191. The van der Waals surface area contributed by atoms with Crippen LogP contribution in [0.5, 0.6) is 0 Å². The molecule has 0 amide bonds. The Bertz CT molecular complexity index is 1380. The minimum absolute atomic E-state index is 0.224. The molecule has 0 radical (unpaired) electrons. The van der Waals surface area contributed by atoms with E-state index < -0.39 is 6.17 Å². The van der Waals surface area contributed by atoms with Gasteiger partial charge in [0.1, 0.15) is 13.0 Å². The minimum atomic E-state index is -1.10. The zero-order valence-electron chi connectivity index (χ0n) is 20.3. The standard InChI is InChI=1S/C27H22Br2FN3.CH4O.CH2O/c28-18-6-12-26-24(14-18)25-15-19(29)7-13-27(25)33(26)17-20(30)16-32(22-4-2-1-3-5-22)23-10-8-21(31)9-11-23;2*1-2/h1-15,20H,16-17,31H2;2H,1H3;1H2. The fourth-order valence-electron chi connectivity index (χ4n) is 4.32. The lowest BCUT2D eigenvalue weighted by molar-refractivity contribution is -0.0979. The number of hydrogen-bond donors (Lipinski definition) is 2. The third-order valence-corrected chi connectivity index (χ3v) is 6.81. The van der Waals surface area contributed by atoms with Gasteiger partial charge in [-0.25, -0.2) is 4.39 Å². The molecule has 5 aromatic rings. The first kappa shape index (κ1) is 28.4. The normalized spacial score (nSPS) is 11.3. The van der Waals surface area contributed by atoms with Crippen LogP contribution in [0.4, 0.5) is 21.5 Å². The molecule has 1 atom stereocenters. The fourth-order valence-corrected chi connectivity index (χ4v) is 5.04. The Morgan fingerprint density at radius 2 is 1.32 bits per heavy atom. The number of aliphatic hydroxyl groups excluding tert-OH is 1. The Morgan fingerprint density at radius 1 is 0.838 bits per heavy atom. The third kappa shape index (κ3) is 6.57. The Morgan fingerprint density at radius 3 is 1.84 bits per heavy atom. The summed E-state index contributed by atoms with van der Waals surface area (Å²) < 4.78 is 19.9. The molecule has 5 nitrogen and oxygen atoms in total. The van der Waals surface area contributed by atoms with Gasteiger partial charge in [-0.05, 0) is 72.8 Å². The zero-order valence-corrected chi connectivity index (χ0v) is 23.5. The number of alkyl halides is 1. The molecule has 5 rings (SSSR count). The molecule has 0 bridgehead atoms. The van der Waals surface area contributed by atoms with Crippen LogP contribution in [-0.2, 0) is 11.3 Å². The van der Waals surface area contributed by atoms with Gasteiger partial charge < -0.3 is 25.1 Å². The molecule has 0 fully saturated rings. The molecule has 4 aromatic carbocycles. The molecule has 0 saturated heterocycles. The molecule has 0 saturated carbocycles. The number of nitrogens with two attached hydrogens (primary N) is 1. The van der Waals surface area contributed by atoms with Crippen molar-refractivity contribution in [2.75, 3.05) is 24.3 Å². The van der Waals surface area contributed by atoms with Gasteiger partial charge in [0.2, 0.25) is 0 Å². The predicted molar refractivity (Wildman–Crippen MR) is 159 cm³/mol. The molecule has 0 spiro atoms. The molecular weight excluding hydrogens is 601 g/mol. The largest absolute Gasteiger partial charge is 0.400 e. The van der Waals surface area contributed by atoms with Crippen LogP contribution in [0.2, 0.25) is 0 Å². The van der Waals surface area contributed by atoms with Crippen LogP contribution in [0.25, 0.3) is 21.8 Å².